The molecule has 0 bridgehead atoms. The molecule has 0 amide bonds. The van der Waals surface area contributed by atoms with Gasteiger partial charge in [-0.2, -0.15) is 0 Å². The van der Waals surface area contributed by atoms with Crippen molar-refractivity contribution in [1.82, 2.24) is 0 Å². The monoisotopic (exact) mass is 302 g/mol. The average Bonchev–Trinajstić information content (AvgIpc) is 2.48. The quantitative estimate of drug-likeness (QED) is 0.610. The number of rotatable bonds is 5. The van der Waals surface area contributed by atoms with Gasteiger partial charge in [0.2, 0.25) is 5.79 Å². The third-order valence-corrected chi connectivity index (χ3v) is 3.64. The van der Waals surface area contributed by atoms with E-state index in [1.807, 2.05) is 30.3 Å². The van der Waals surface area contributed by atoms with Crippen molar-refractivity contribution in [3.05, 3.63) is 53.8 Å². The van der Waals surface area contributed by atoms with Crippen LogP contribution in [-0.2, 0) is 14.3 Å². The smallest absolute Gasteiger partial charge is 0.340 e. The molecular formula is C18H22O4. The zero-order valence-corrected chi connectivity index (χ0v) is 13.5. The van der Waals surface area contributed by atoms with Gasteiger partial charge in [-0.25, -0.2) is 4.79 Å². The molecule has 1 aromatic carbocycles. The molecule has 1 aliphatic heterocycles. The molecule has 2 rings (SSSR count). The van der Waals surface area contributed by atoms with Crippen LogP contribution in [0.25, 0.3) is 0 Å². The van der Waals surface area contributed by atoms with Crippen molar-refractivity contribution in [3.8, 4) is 5.75 Å². The van der Waals surface area contributed by atoms with Gasteiger partial charge in [-0.1, -0.05) is 18.2 Å². The average molecular weight is 302 g/mol. The Morgan fingerprint density at radius 2 is 2.09 bits per heavy atom. The summed E-state index contributed by atoms with van der Waals surface area (Å²) in [6, 6.07) is 7.81. The topological polar surface area (TPSA) is 44.8 Å². The van der Waals surface area contributed by atoms with Crippen LogP contribution in [0, 0.1) is 0 Å². The van der Waals surface area contributed by atoms with Gasteiger partial charge in [0.15, 0.2) is 0 Å². The van der Waals surface area contributed by atoms with E-state index in [1.54, 1.807) is 27.9 Å². The second kappa shape index (κ2) is 6.26. The molecule has 0 saturated heterocycles. The number of hydrogen-bond acceptors (Lipinski definition) is 4. The molecule has 0 saturated carbocycles. The van der Waals surface area contributed by atoms with E-state index < -0.39 is 5.79 Å². The lowest BCUT2D eigenvalue weighted by molar-refractivity contribution is -0.208. The minimum absolute atomic E-state index is 0.0294. The van der Waals surface area contributed by atoms with Gasteiger partial charge in [-0.05, 0) is 24.6 Å². The SMILES string of the molecule is C=C[C@H](CC1=C(C)C(=O)OC(C)(C)O1)c1cccc(OC)c1. The van der Waals surface area contributed by atoms with Crippen molar-refractivity contribution in [2.24, 2.45) is 0 Å². The van der Waals surface area contributed by atoms with Gasteiger partial charge in [0, 0.05) is 26.2 Å². The van der Waals surface area contributed by atoms with Crippen molar-refractivity contribution in [2.75, 3.05) is 7.11 Å². The summed E-state index contributed by atoms with van der Waals surface area (Å²) in [6.45, 7) is 9.08. The number of hydrogen-bond donors (Lipinski definition) is 0. The van der Waals surface area contributed by atoms with Crippen LogP contribution in [0.4, 0.5) is 0 Å². The zero-order chi connectivity index (χ0) is 16.3. The highest BCUT2D eigenvalue weighted by Crippen LogP contribution is 2.34. The third-order valence-electron chi connectivity index (χ3n) is 3.64. The molecule has 118 valence electrons. The van der Waals surface area contributed by atoms with E-state index in [9.17, 15) is 4.79 Å². The Kier molecular flexibility index (Phi) is 4.59. The maximum absolute atomic E-state index is 11.9. The number of carbonyl (C=O) groups is 1. The zero-order valence-electron chi connectivity index (χ0n) is 13.5. The van der Waals surface area contributed by atoms with Gasteiger partial charge < -0.3 is 14.2 Å². The van der Waals surface area contributed by atoms with E-state index in [-0.39, 0.29) is 11.9 Å². The van der Waals surface area contributed by atoms with Crippen molar-refractivity contribution < 1.29 is 19.0 Å². The van der Waals surface area contributed by atoms with Crippen LogP contribution in [0.2, 0.25) is 0 Å². The van der Waals surface area contributed by atoms with Crippen LogP contribution in [-0.4, -0.2) is 18.9 Å². The molecule has 0 unspecified atom stereocenters. The molecule has 0 aliphatic carbocycles. The fraction of sp³-hybridized carbons (Fsp3) is 0.389. The van der Waals surface area contributed by atoms with Gasteiger partial charge in [-0.3, -0.25) is 0 Å². The minimum atomic E-state index is -0.938. The van der Waals surface area contributed by atoms with E-state index in [0.717, 1.165) is 11.3 Å². The van der Waals surface area contributed by atoms with E-state index in [4.69, 9.17) is 14.2 Å². The number of esters is 1. The van der Waals surface area contributed by atoms with E-state index in [1.165, 1.54) is 0 Å². The lowest BCUT2D eigenvalue weighted by Gasteiger charge is -2.33. The van der Waals surface area contributed by atoms with Gasteiger partial charge in [-0.15, -0.1) is 6.58 Å². The number of methoxy groups -OCH3 is 1. The summed E-state index contributed by atoms with van der Waals surface area (Å²) in [4.78, 5) is 11.9. The van der Waals surface area contributed by atoms with Crippen LogP contribution >= 0.6 is 0 Å². The summed E-state index contributed by atoms with van der Waals surface area (Å²) >= 11 is 0. The summed E-state index contributed by atoms with van der Waals surface area (Å²) in [5.74, 6) is 0.196. The Morgan fingerprint density at radius 1 is 1.36 bits per heavy atom. The first-order chi connectivity index (χ1) is 10.4. The Morgan fingerprint density at radius 3 is 2.73 bits per heavy atom. The number of allylic oxidation sites excluding steroid dienone is 2. The van der Waals surface area contributed by atoms with Crippen molar-refractivity contribution in [2.45, 2.75) is 38.9 Å². The Labute approximate surface area is 131 Å². The Hall–Kier alpha value is -2.23. The molecule has 4 nitrogen and oxygen atoms in total. The second-order valence-electron chi connectivity index (χ2n) is 5.76. The first-order valence-electron chi connectivity index (χ1n) is 7.25. The molecule has 4 heteroatoms. The normalized spacial score (nSPS) is 18.3. The summed E-state index contributed by atoms with van der Waals surface area (Å²) < 4.78 is 16.3. The van der Waals surface area contributed by atoms with Crippen LogP contribution in [0.1, 0.15) is 38.7 Å². The minimum Gasteiger partial charge on any atom is -0.497 e. The molecular weight excluding hydrogens is 280 g/mol. The molecule has 0 N–H and O–H groups in total. The van der Waals surface area contributed by atoms with Crippen LogP contribution < -0.4 is 4.74 Å². The van der Waals surface area contributed by atoms with Gasteiger partial charge >= 0.3 is 5.97 Å². The molecule has 22 heavy (non-hydrogen) atoms. The largest absolute Gasteiger partial charge is 0.497 e. The van der Waals surface area contributed by atoms with Gasteiger partial charge in [0.05, 0.1) is 12.7 Å². The molecule has 0 fully saturated rings. The van der Waals surface area contributed by atoms with E-state index in [2.05, 4.69) is 6.58 Å². The molecule has 1 aliphatic rings. The van der Waals surface area contributed by atoms with E-state index in [0.29, 0.717) is 17.8 Å². The highest BCUT2D eigenvalue weighted by Gasteiger charge is 2.34. The predicted molar refractivity (Wildman–Crippen MR) is 84.5 cm³/mol. The first kappa shape index (κ1) is 16.1. The highest BCUT2D eigenvalue weighted by molar-refractivity contribution is 5.89. The fourth-order valence-electron chi connectivity index (χ4n) is 2.41. The van der Waals surface area contributed by atoms with Crippen LogP contribution in [0.15, 0.2) is 48.3 Å². The number of ether oxygens (including phenoxy) is 3. The van der Waals surface area contributed by atoms with Gasteiger partial charge in [0.1, 0.15) is 11.5 Å². The van der Waals surface area contributed by atoms with Gasteiger partial charge in [0.25, 0.3) is 0 Å². The second-order valence-corrected chi connectivity index (χ2v) is 5.76. The van der Waals surface area contributed by atoms with Crippen molar-refractivity contribution in [3.63, 3.8) is 0 Å². The summed E-state index contributed by atoms with van der Waals surface area (Å²) in [5, 5.41) is 0. The fourth-order valence-corrected chi connectivity index (χ4v) is 2.41. The maximum atomic E-state index is 11.9. The van der Waals surface area contributed by atoms with Crippen LogP contribution in [0.5, 0.6) is 5.75 Å². The Bertz CT molecular complexity index is 613. The number of benzene rings is 1. The van der Waals surface area contributed by atoms with Crippen molar-refractivity contribution in [1.29, 1.82) is 0 Å². The standard InChI is InChI=1S/C18H22O4/c1-6-13(14-8-7-9-15(10-14)20-5)11-16-12(2)17(19)22-18(3,4)21-16/h6-10,13H,1,11H2,2-5H3/t13-/m1/s1. The summed E-state index contributed by atoms with van der Waals surface area (Å²) in [6.07, 6.45) is 2.41. The highest BCUT2D eigenvalue weighted by atomic mass is 16.7. The lowest BCUT2D eigenvalue weighted by Crippen LogP contribution is -2.36. The number of carbonyl (C=O) groups excluding carboxylic acids is 1. The molecule has 1 atom stereocenters. The molecule has 1 aromatic rings. The Balaban J connectivity index is 2.27. The van der Waals surface area contributed by atoms with Crippen LogP contribution in [0.3, 0.4) is 0 Å². The summed E-state index contributed by atoms with van der Waals surface area (Å²) in [5.41, 5.74) is 1.57. The third kappa shape index (κ3) is 3.50. The number of cyclic esters (lactones) is 1. The predicted octanol–water partition coefficient (Wildman–Crippen LogP) is 3.94. The molecule has 1 heterocycles. The lowest BCUT2D eigenvalue weighted by atomic mass is 9.93. The molecule has 0 radical (unpaired) electrons. The van der Waals surface area contributed by atoms with E-state index >= 15 is 0 Å². The molecule has 0 aromatic heterocycles. The molecule has 0 spiro atoms. The first-order valence-corrected chi connectivity index (χ1v) is 7.25. The maximum Gasteiger partial charge on any atom is 0.340 e. The van der Waals surface area contributed by atoms with Crippen molar-refractivity contribution >= 4 is 5.97 Å². The summed E-state index contributed by atoms with van der Waals surface area (Å²) in [7, 11) is 1.64.